The molecule has 0 radical (unpaired) electrons. The van der Waals surface area contributed by atoms with E-state index in [0.717, 1.165) is 0 Å². The molecule has 0 unspecified atom stereocenters. The number of hydrogen-bond acceptors (Lipinski definition) is 4. The van der Waals surface area contributed by atoms with Crippen LogP contribution in [0.1, 0.15) is 5.56 Å². The number of benzene rings is 2. The van der Waals surface area contributed by atoms with E-state index in [-0.39, 0.29) is 11.3 Å². The van der Waals surface area contributed by atoms with Gasteiger partial charge in [0.1, 0.15) is 11.6 Å². The van der Waals surface area contributed by atoms with Gasteiger partial charge in [-0.25, -0.2) is 0 Å². The second-order valence-corrected chi connectivity index (χ2v) is 4.61. The molecular weight excluding hydrogens is 301 g/mol. The highest BCUT2D eigenvalue weighted by Gasteiger charge is 2.14. The van der Waals surface area contributed by atoms with E-state index in [0.29, 0.717) is 21.4 Å². The number of nitriles is 1. The normalized spacial score (nSPS) is 9.85. The highest BCUT2D eigenvalue weighted by molar-refractivity contribution is 6.43. The van der Waals surface area contributed by atoms with Gasteiger partial charge in [0.05, 0.1) is 20.7 Å². The lowest BCUT2D eigenvalue weighted by Crippen LogP contribution is -1.96. The second kappa shape index (κ2) is 5.78. The number of nitrogens with one attached hydrogen (secondary N) is 1. The molecule has 0 aliphatic rings. The predicted molar refractivity (Wildman–Crippen MR) is 77.6 cm³/mol. The minimum absolute atomic E-state index is 0.0295. The smallest absolute Gasteiger partial charge is 0.287 e. The number of nitrogens with zero attached hydrogens (tertiary/aromatic N) is 2. The fourth-order valence-corrected chi connectivity index (χ4v) is 1.97. The highest BCUT2D eigenvalue weighted by Crippen LogP contribution is 2.32. The second-order valence-electron chi connectivity index (χ2n) is 3.83. The SMILES string of the molecule is N#Cc1cc(Nc2cccc(Cl)c2Cl)ccc1[N+](=O)[O-]. The quantitative estimate of drug-likeness (QED) is 0.668. The Morgan fingerprint density at radius 3 is 2.65 bits per heavy atom. The van der Waals surface area contributed by atoms with Crippen molar-refractivity contribution in [1.82, 2.24) is 0 Å². The standard InChI is InChI=1S/C13H7Cl2N3O2/c14-10-2-1-3-11(13(10)15)17-9-4-5-12(18(19)20)8(6-9)7-16/h1-6,17H. The Bertz CT molecular complexity index is 726. The van der Waals surface area contributed by atoms with Gasteiger partial charge in [-0.3, -0.25) is 10.1 Å². The molecule has 0 heterocycles. The third-order valence-electron chi connectivity index (χ3n) is 2.54. The lowest BCUT2D eigenvalue weighted by atomic mass is 10.1. The van der Waals surface area contributed by atoms with Crippen LogP contribution >= 0.6 is 23.2 Å². The molecule has 0 atom stereocenters. The molecule has 0 aromatic heterocycles. The Balaban J connectivity index is 2.38. The zero-order valence-electron chi connectivity index (χ0n) is 9.93. The third kappa shape index (κ3) is 2.82. The maximum atomic E-state index is 10.7. The molecule has 0 fully saturated rings. The van der Waals surface area contributed by atoms with Gasteiger partial charge in [0.15, 0.2) is 0 Å². The van der Waals surface area contributed by atoms with E-state index in [2.05, 4.69) is 5.32 Å². The molecule has 5 nitrogen and oxygen atoms in total. The summed E-state index contributed by atoms with van der Waals surface area (Å²) in [7, 11) is 0. The first-order chi connectivity index (χ1) is 9.52. The summed E-state index contributed by atoms with van der Waals surface area (Å²) < 4.78 is 0. The van der Waals surface area contributed by atoms with Gasteiger partial charge in [0, 0.05) is 11.8 Å². The van der Waals surface area contributed by atoms with Crippen molar-refractivity contribution < 1.29 is 4.92 Å². The molecule has 2 aromatic rings. The minimum Gasteiger partial charge on any atom is -0.354 e. The van der Waals surface area contributed by atoms with Crippen LogP contribution in [0.4, 0.5) is 17.1 Å². The number of hydrogen-bond donors (Lipinski definition) is 1. The van der Waals surface area contributed by atoms with Crippen molar-refractivity contribution in [3.05, 3.63) is 62.1 Å². The summed E-state index contributed by atoms with van der Waals surface area (Å²) in [5.41, 5.74) is 0.793. The van der Waals surface area contributed by atoms with Crippen molar-refractivity contribution in [1.29, 1.82) is 5.26 Å². The average Bonchev–Trinajstić information content (AvgIpc) is 2.43. The fourth-order valence-electron chi connectivity index (χ4n) is 1.62. The van der Waals surface area contributed by atoms with E-state index in [4.69, 9.17) is 28.5 Å². The molecule has 0 amide bonds. The molecule has 20 heavy (non-hydrogen) atoms. The van der Waals surface area contributed by atoms with Crippen molar-refractivity contribution in [3.63, 3.8) is 0 Å². The predicted octanol–water partition coefficient (Wildman–Crippen LogP) is 4.52. The Labute approximate surface area is 124 Å². The van der Waals surface area contributed by atoms with Crippen molar-refractivity contribution in [2.75, 3.05) is 5.32 Å². The Kier molecular flexibility index (Phi) is 4.08. The van der Waals surface area contributed by atoms with Crippen molar-refractivity contribution in [2.45, 2.75) is 0 Å². The molecule has 2 rings (SSSR count). The van der Waals surface area contributed by atoms with Crippen LogP contribution in [0.3, 0.4) is 0 Å². The Hall–Kier alpha value is -2.29. The Morgan fingerprint density at radius 1 is 1.25 bits per heavy atom. The van der Waals surface area contributed by atoms with Crippen molar-refractivity contribution in [3.8, 4) is 6.07 Å². The highest BCUT2D eigenvalue weighted by atomic mass is 35.5. The van der Waals surface area contributed by atoms with Crippen LogP contribution in [-0.2, 0) is 0 Å². The van der Waals surface area contributed by atoms with Crippen LogP contribution in [0.5, 0.6) is 0 Å². The topological polar surface area (TPSA) is 79.0 Å². The van der Waals surface area contributed by atoms with E-state index < -0.39 is 4.92 Å². The van der Waals surface area contributed by atoms with Crippen LogP contribution < -0.4 is 5.32 Å². The van der Waals surface area contributed by atoms with Crippen molar-refractivity contribution in [2.24, 2.45) is 0 Å². The lowest BCUT2D eigenvalue weighted by Gasteiger charge is -2.09. The molecule has 2 aromatic carbocycles. The first kappa shape index (κ1) is 14.1. The van der Waals surface area contributed by atoms with Crippen LogP contribution in [0, 0.1) is 21.4 Å². The molecule has 0 aliphatic heterocycles. The van der Waals surface area contributed by atoms with Gasteiger partial charge in [0.2, 0.25) is 0 Å². The fraction of sp³-hybridized carbons (Fsp3) is 0. The molecule has 0 saturated carbocycles. The number of nitro benzene ring substituents is 1. The van der Waals surface area contributed by atoms with Crippen molar-refractivity contribution >= 4 is 40.3 Å². The van der Waals surface area contributed by atoms with Gasteiger partial charge in [-0.2, -0.15) is 5.26 Å². The van der Waals surface area contributed by atoms with Gasteiger partial charge >= 0.3 is 0 Å². The Morgan fingerprint density at radius 2 is 2.00 bits per heavy atom. The molecule has 7 heteroatoms. The summed E-state index contributed by atoms with van der Waals surface area (Å²) in [6.07, 6.45) is 0. The number of halogens is 2. The first-order valence-electron chi connectivity index (χ1n) is 5.42. The lowest BCUT2D eigenvalue weighted by molar-refractivity contribution is -0.385. The van der Waals surface area contributed by atoms with E-state index in [9.17, 15) is 10.1 Å². The van der Waals surface area contributed by atoms with Gasteiger partial charge in [-0.05, 0) is 24.3 Å². The largest absolute Gasteiger partial charge is 0.354 e. The van der Waals surface area contributed by atoms with Crippen LogP contribution in [0.15, 0.2) is 36.4 Å². The van der Waals surface area contributed by atoms with E-state index in [1.165, 1.54) is 18.2 Å². The summed E-state index contributed by atoms with van der Waals surface area (Å²) in [6.45, 7) is 0. The third-order valence-corrected chi connectivity index (χ3v) is 3.36. The van der Waals surface area contributed by atoms with Crippen LogP contribution in [-0.4, -0.2) is 4.92 Å². The number of rotatable bonds is 3. The molecular formula is C13H7Cl2N3O2. The summed E-state index contributed by atoms with van der Waals surface area (Å²) in [6, 6.07) is 11.0. The van der Waals surface area contributed by atoms with Gasteiger partial charge in [0.25, 0.3) is 5.69 Å². The van der Waals surface area contributed by atoms with Gasteiger partial charge in [-0.15, -0.1) is 0 Å². The van der Waals surface area contributed by atoms with Gasteiger partial charge in [-0.1, -0.05) is 29.3 Å². The average molecular weight is 308 g/mol. The maximum absolute atomic E-state index is 10.7. The molecule has 0 aliphatic carbocycles. The molecule has 100 valence electrons. The monoisotopic (exact) mass is 307 g/mol. The van der Waals surface area contributed by atoms with Gasteiger partial charge < -0.3 is 5.32 Å². The number of anilines is 2. The molecule has 0 bridgehead atoms. The zero-order valence-corrected chi connectivity index (χ0v) is 11.4. The van der Waals surface area contributed by atoms with E-state index in [1.807, 2.05) is 0 Å². The minimum atomic E-state index is -0.602. The molecule has 0 saturated heterocycles. The van der Waals surface area contributed by atoms with E-state index in [1.54, 1.807) is 24.3 Å². The van der Waals surface area contributed by atoms with Crippen LogP contribution in [0.2, 0.25) is 10.0 Å². The summed E-state index contributed by atoms with van der Waals surface area (Å²) in [5.74, 6) is 0. The zero-order chi connectivity index (χ0) is 14.7. The van der Waals surface area contributed by atoms with E-state index >= 15 is 0 Å². The summed E-state index contributed by atoms with van der Waals surface area (Å²) >= 11 is 11.9. The summed E-state index contributed by atoms with van der Waals surface area (Å²) in [5, 5.41) is 23.4. The molecule has 1 N–H and O–H groups in total. The molecule has 0 spiro atoms. The number of nitro groups is 1. The maximum Gasteiger partial charge on any atom is 0.287 e. The van der Waals surface area contributed by atoms with Crippen LogP contribution in [0.25, 0.3) is 0 Å². The summed E-state index contributed by atoms with van der Waals surface area (Å²) in [4.78, 5) is 10.1. The first-order valence-corrected chi connectivity index (χ1v) is 6.18.